The molecule has 0 radical (unpaired) electrons. The largest absolute Gasteiger partial charge is 0.493 e. The van der Waals surface area contributed by atoms with Gasteiger partial charge >= 0.3 is 5.97 Å². The first kappa shape index (κ1) is 15.1. The number of aliphatic hydroxyl groups is 1. The molecule has 0 fully saturated rings. The molecule has 0 aliphatic carbocycles. The van der Waals surface area contributed by atoms with E-state index in [0.717, 1.165) is 0 Å². The smallest absolute Gasteiger partial charge is 0.314 e. The number of carbonyl (C=O) groups is 1. The van der Waals surface area contributed by atoms with Crippen LogP contribution >= 0.6 is 0 Å². The van der Waals surface area contributed by atoms with Gasteiger partial charge in [-0.3, -0.25) is 4.79 Å². The Balaban J connectivity index is 2.08. The average molecular weight is 286 g/mol. The quantitative estimate of drug-likeness (QED) is 0.678. The van der Waals surface area contributed by atoms with Crippen LogP contribution in [-0.4, -0.2) is 18.2 Å². The van der Waals surface area contributed by atoms with Crippen molar-refractivity contribution >= 4 is 5.97 Å². The maximum atomic E-state index is 12.0. The molecule has 0 aliphatic heterocycles. The van der Waals surface area contributed by atoms with Gasteiger partial charge in [0.05, 0.1) is 19.1 Å². The Kier molecular flexibility index (Phi) is 4.60. The summed E-state index contributed by atoms with van der Waals surface area (Å²) in [6.07, 6.45) is -0.144. The third-order valence-corrected chi connectivity index (χ3v) is 3.18. The van der Waals surface area contributed by atoms with Crippen molar-refractivity contribution in [2.24, 2.45) is 0 Å². The van der Waals surface area contributed by atoms with Crippen LogP contribution in [0, 0.1) is 0 Å². The van der Waals surface area contributed by atoms with Crippen molar-refractivity contribution in [1.29, 1.82) is 0 Å². The van der Waals surface area contributed by atoms with Crippen LogP contribution in [0.1, 0.15) is 18.9 Å². The van der Waals surface area contributed by atoms with Gasteiger partial charge in [-0.1, -0.05) is 42.5 Å². The lowest BCUT2D eigenvalue weighted by Crippen LogP contribution is -2.27. The standard InChI is InChI=1S/C17H18O4/c1-17(19,13-8-4-3-5-9-13)12-16(18)21-15-11-7-6-10-14(15)20-2/h3-11,19H,12H2,1-2H3. The molecule has 1 unspecified atom stereocenters. The highest BCUT2D eigenvalue weighted by Crippen LogP contribution is 2.29. The molecular weight excluding hydrogens is 268 g/mol. The topological polar surface area (TPSA) is 55.8 Å². The van der Waals surface area contributed by atoms with Gasteiger partial charge in [0, 0.05) is 0 Å². The second-order valence-corrected chi connectivity index (χ2v) is 4.94. The molecule has 0 saturated carbocycles. The number of hydrogen-bond acceptors (Lipinski definition) is 4. The van der Waals surface area contributed by atoms with E-state index in [1.54, 1.807) is 43.3 Å². The Hall–Kier alpha value is -2.33. The molecule has 4 nitrogen and oxygen atoms in total. The monoisotopic (exact) mass is 286 g/mol. The first-order valence-corrected chi connectivity index (χ1v) is 6.64. The number of esters is 1. The summed E-state index contributed by atoms with van der Waals surface area (Å²) >= 11 is 0. The van der Waals surface area contributed by atoms with E-state index in [2.05, 4.69) is 0 Å². The van der Waals surface area contributed by atoms with Crippen LogP contribution in [0.25, 0.3) is 0 Å². The van der Waals surface area contributed by atoms with Crippen molar-refractivity contribution < 1.29 is 19.4 Å². The number of ether oxygens (including phenoxy) is 2. The molecule has 21 heavy (non-hydrogen) atoms. The van der Waals surface area contributed by atoms with Crippen LogP contribution < -0.4 is 9.47 Å². The Morgan fingerprint density at radius 3 is 2.24 bits per heavy atom. The second-order valence-electron chi connectivity index (χ2n) is 4.94. The van der Waals surface area contributed by atoms with Gasteiger partial charge in [-0.2, -0.15) is 0 Å². The Bertz CT molecular complexity index is 605. The van der Waals surface area contributed by atoms with Gasteiger partial charge in [-0.05, 0) is 24.6 Å². The normalized spacial score (nSPS) is 13.3. The van der Waals surface area contributed by atoms with E-state index in [-0.39, 0.29) is 6.42 Å². The van der Waals surface area contributed by atoms with Crippen molar-refractivity contribution in [2.45, 2.75) is 18.9 Å². The van der Waals surface area contributed by atoms with Crippen LogP contribution in [0.2, 0.25) is 0 Å². The molecule has 0 spiro atoms. The predicted octanol–water partition coefficient (Wildman–Crippen LogP) is 2.90. The van der Waals surface area contributed by atoms with Crippen LogP contribution in [-0.2, 0) is 10.4 Å². The highest BCUT2D eigenvalue weighted by atomic mass is 16.6. The van der Waals surface area contributed by atoms with E-state index in [1.165, 1.54) is 7.11 Å². The van der Waals surface area contributed by atoms with Gasteiger partial charge in [-0.15, -0.1) is 0 Å². The van der Waals surface area contributed by atoms with E-state index in [4.69, 9.17) is 9.47 Å². The summed E-state index contributed by atoms with van der Waals surface area (Å²) in [5.74, 6) is 0.299. The molecule has 4 heteroatoms. The summed E-state index contributed by atoms with van der Waals surface area (Å²) in [5.41, 5.74) is -0.609. The second kappa shape index (κ2) is 6.41. The van der Waals surface area contributed by atoms with Crippen molar-refractivity contribution in [3.05, 3.63) is 60.2 Å². The zero-order chi connectivity index (χ0) is 15.3. The number of carbonyl (C=O) groups excluding carboxylic acids is 1. The first-order valence-electron chi connectivity index (χ1n) is 6.64. The molecule has 1 N–H and O–H groups in total. The molecule has 0 aliphatic rings. The van der Waals surface area contributed by atoms with Gasteiger partial charge < -0.3 is 14.6 Å². The molecule has 0 heterocycles. The number of rotatable bonds is 5. The minimum absolute atomic E-state index is 0.144. The lowest BCUT2D eigenvalue weighted by Gasteiger charge is -2.22. The average Bonchev–Trinajstić information content (AvgIpc) is 2.48. The van der Waals surface area contributed by atoms with Gasteiger partial charge in [0.15, 0.2) is 11.5 Å². The van der Waals surface area contributed by atoms with Crippen molar-refractivity contribution in [3.8, 4) is 11.5 Å². The fourth-order valence-corrected chi connectivity index (χ4v) is 2.04. The van der Waals surface area contributed by atoms with Crippen LogP contribution in [0.15, 0.2) is 54.6 Å². The third kappa shape index (κ3) is 3.83. The van der Waals surface area contributed by atoms with E-state index in [9.17, 15) is 9.90 Å². The fourth-order valence-electron chi connectivity index (χ4n) is 2.04. The Labute approximate surface area is 123 Å². The molecule has 2 rings (SSSR count). The SMILES string of the molecule is COc1ccccc1OC(=O)CC(C)(O)c1ccccc1. The van der Waals surface area contributed by atoms with E-state index in [1.807, 2.05) is 18.2 Å². The van der Waals surface area contributed by atoms with Crippen molar-refractivity contribution in [3.63, 3.8) is 0 Å². The summed E-state index contributed by atoms with van der Waals surface area (Å²) in [4.78, 5) is 12.0. The highest BCUT2D eigenvalue weighted by Gasteiger charge is 2.28. The molecule has 1 atom stereocenters. The molecule has 2 aromatic rings. The Morgan fingerprint density at radius 2 is 1.62 bits per heavy atom. The molecule has 2 aromatic carbocycles. The van der Waals surface area contributed by atoms with Crippen molar-refractivity contribution in [1.82, 2.24) is 0 Å². The summed E-state index contributed by atoms with van der Waals surface area (Å²) in [5, 5.41) is 10.4. The molecule has 0 aromatic heterocycles. The van der Waals surface area contributed by atoms with Gasteiger partial charge in [-0.25, -0.2) is 0 Å². The number of methoxy groups -OCH3 is 1. The molecular formula is C17H18O4. The zero-order valence-corrected chi connectivity index (χ0v) is 12.1. The summed E-state index contributed by atoms with van der Waals surface area (Å²) in [7, 11) is 1.51. The van der Waals surface area contributed by atoms with Gasteiger partial charge in [0.25, 0.3) is 0 Å². The van der Waals surface area contributed by atoms with Crippen LogP contribution in [0.3, 0.4) is 0 Å². The van der Waals surface area contributed by atoms with Gasteiger partial charge in [0.2, 0.25) is 0 Å². The number of benzene rings is 2. The van der Waals surface area contributed by atoms with E-state index >= 15 is 0 Å². The predicted molar refractivity (Wildman–Crippen MR) is 79.3 cm³/mol. The third-order valence-electron chi connectivity index (χ3n) is 3.18. The lowest BCUT2D eigenvalue weighted by molar-refractivity contribution is -0.139. The van der Waals surface area contributed by atoms with Gasteiger partial charge in [0.1, 0.15) is 0 Å². The minimum atomic E-state index is -1.28. The highest BCUT2D eigenvalue weighted by molar-refractivity contribution is 5.74. The maximum absolute atomic E-state index is 12.0. The number of para-hydroxylation sites is 2. The Morgan fingerprint density at radius 1 is 1.05 bits per heavy atom. The van der Waals surface area contributed by atoms with Crippen LogP contribution in [0.5, 0.6) is 11.5 Å². The molecule has 0 amide bonds. The summed E-state index contributed by atoms with van der Waals surface area (Å²) in [6, 6.07) is 15.9. The van der Waals surface area contributed by atoms with E-state index < -0.39 is 11.6 Å². The van der Waals surface area contributed by atoms with Crippen molar-refractivity contribution in [2.75, 3.05) is 7.11 Å². The summed E-state index contributed by atoms with van der Waals surface area (Å²) in [6.45, 7) is 1.59. The zero-order valence-electron chi connectivity index (χ0n) is 12.1. The maximum Gasteiger partial charge on any atom is 0.314 e. The number of hydrogen-bond donors (Lipinski definition) is 1. The minimum Gasteiger partial charge on any atom is -0.493 e. The first-order chi connectivity index (χ1) is 10.0. The molecule has 0 saturated heterocycles. The van der Waals surface area contributed by atoms with Crippen LogP contribution in [0.4, 0.5) is 0 Å². The fraction of sp³-hybridized carbons (Fsp3) is 0.235. The van der Waals surface area contributed by atoms with E-state index in [0.29, 0.717) is 17.1 Å². The summed E-state index contributed by atoms with van der Waals surface area (Å²) < 4.78 is 10.4. The molecule has 110 valence electrons. The molecule has 0 bridgehead atoms. The lowest BCUT2D eigenvalue weighted by atomic mass is 9.93.